The second-order valence-corrected chi connectivity index (χ2v) is 3.81. The van der Waals surface area contributed by atoms with Crippen molar-refractivity contribution in [2.75, 3.05) is 12.4 Å². The van der Waals surface area contributed by atoms with Crippen molar-refractivity contribution in [3.63, 3.8) is 0 Å². The van der Waals surface area contributed by atoms with Crippen molar-refractivity contribution >= 4 is 17.6 Å². The Bertz CT molecular complexity index is 318. The van der Waals surface area contributed by atoms with Gasteiger partial charge in [0.1, 0.15) is 0 Å². The number of rotatable bonds is 5. The summed E-state index contributed by atoms with van der Waals surface area (Å²) in [4.78, 5) is 4.51. The zero-order valence-corrected chi connectivity index (χ0v) is 9.83. The highest BCUT2D eigenvalue weighted by molar-refractivity contribution is 5.73. The van der Waals surface area contributed by atoms with Crippen LogP contribution >= 0.6 is 0 Å². The first-order valence-electron chi connectivity index (χ1n) is 5.59. The summed E-state index contributed by atoms with van der Waals surface area (Å²) in [6, 6.07) is 8.09. The average molecular weight is 204 g/mol. The van der Waals surface area contributed by atoms with E-state index < -0.39 is 0 Å². The van der Waals surface area contributed by atoms with E-state index in [-0.39, 0.29) is 0 Å². The summed E-state index contributed by atoms with van der Waals surface area (Å²) in [7, 11) is 1.92. The van der Waals surface area contributed by atoms with E-state index in [9.17, 15) is 0 Å². The maximum atomic E-state index is 4.51. The van der Waals surface area contributed by atoms with Crippen LogP contribution in [-0.4, -0.2) is 13.3 Å². The Morgan fingerprint density at radius 2 is 2.13 bits per heavy atom. The first kappa shape index (κ1) is 11.8. The number of hydrogen-bond donors (Lipinski definition) is 1. The molecule has 0 saturated heterocycles. The van der Waals surface area contributed by atoms with E-state index in [0.29, 0.717) is 5.92 Å². The lowest BCUT2D eigenvalue weighted by molar-refractivity contribution is 0.677. The van der Waals surface area contributed by atoms with Crippen molar-refractivity contribution in [2.45, 2.75) is 26.7 Å². The van der Waals surface area contributed by atoms with Crippen molar-refractivity contribution < 1.29 is 0 Å². The number of nitrogens with zero attached hydrogens (tertiary/aromatic N) is 1. The molecule has 82 valence electrons. The first-order valence-corrected chi connectivity index (χ1v) is 5.59. The lowest BCUT2D eigenvalue weighted by Gasteiger charge is -2.05. The van der Waals surface area contributed by atoms with Crippen LogP contribution in [0.5, 0.6) is 0 Å². The molecular weight excluding hydrogens is 184 g/mol. The fourth-order valence-corrected chi connectivity index (χ4v) is 1.54. The molecule has 0 radical (unpaired) electrons. The molecule has 0 heterocycles. The third kappa shape index (κ3) is 3.74. The molecule has 1 rings (SSSR count). The fraction of sp³-hybridized carbons (Fsp3) is 0.462. The van der Waals surface area contributed by atoms with Crippen LogP contribution in [0.4, 0.5) is 11.4 Å². The summed E-state index contributed by atoms with van der Waals surface area (Å²) in [6.07, 6.45) is 4.45. The minimum Gasteiger partial charge on any atom is -0.386 e. The van der Waals surface area contributed by atoms with Crippen molar-refractivity contribution in [2.24, 2.45) is 10.9 Å². The minimum absolute atomic E-state index is 0.555. The molecule has 0 spiro atoms. The van der Waals surface area contributed by atoms with E-state index in [4.69, 9.17) is 0 Å². The highest BCUT2D eigenvalue weighted by Gasteiger charge is 1.98. The molecule has 0 saturated carbocycles. The van der Waals surface area contributed by atoms with Crippen LogP contribution in [0.25, 0.3) is 0 Å². The van der Waals surface area contributed by atoms with E-state index in [1.54, 1.807) is 0 Å². The monoisotopic (exact) mass is 204 g/mol. The quantitative estimate of drug-likeness (QED) is 0.723. The van der Waals surface area contributed by atoms with Gasteiger partial charge in [0.15, 0.2) is 0 Å². The Labute approximate surface area is 92.4 Å². The molecule has 1 N–H and O–H groups in total. The molecule has 0 bridgehead atoms. The number of benzene rings is 1. The van der Waals surface area contributed by atoms with Gasteiger partial charge in [0.2, 0.25) is 0 Å². The molecule has 2 heteroatoms. The van der Waals surface area contributed by atoms with E-state index >= 15 is 0 Å². The van der Waals surface area contributed by atoms with Crippen LogP contribution in [0, 0.1) is 5.92 Å². The van der Waals surface area contributed by atoms with Crippen molar-refractivity contribution in [3.8, 4) is 0 Å². The van der Waals surface area contributed by atoms with Gasteiger partial charge in [-0.15, -0.1) is 0 Å². The van der Waals surface area contributed by atoms with E-state index in [1.165, 1.54) is 12.8 Å². The fourth-order valence-electron chi connectivity index (χ4n) is 1.54. The maximum absolute atomic E-state index is 4.51. The highest BCUT2D eigenvalue weighted by Crippen LogP contribution is 2.23. The normalized spacial score (nSPS) is 13.0. The average Bonchev–Trinajstić information content (AvgIpc) is 2.27. The number of nitrogens with one attached hydrogen (secondary N) is 1. The standard InChI is InChI=1S/C13H20N2/c1-4-7-11(2)10-15-13-9-6-5-8-12(13)14-3/h5-6,8-11,14H,4,7H2,1-3H3. The van der Waals surface area contributed by atoms with Crippen molar-refractivity contribution in [1.29, 1.82) is 0 Å². The molecule has 2 nitrogen and oxygen atoms in total. The van der Waals surface area contributed by atoms with Gasteiger partial charge in [-0.05, 0) is 24.5 Å². The predicted molar refractivity (Wildman–Crippen MR) is 68.2 cm³/mol. The summed E-state index contributed by atoms with van der Waals surface area (Å²) < 4.78 is 0. The Morgan fingerprint density at radius 1 is 1.40 bits per heavy atom. The molecule has 0 fully saturated rings. The van der Waals surface area contributed by atoms with Crippen LogP contribution in [0.3, 0.4) is 0 Å². The van der Waals surface area contributed by atoms with Crippen LogP contribution < -0.4 is 5.32 Å². The number of anilines is 1. The molecule has 0 aliphatic heterocycles. The number of para-hydroxylation sites is 2. The molecule has 0 aliphatic rings. The Hall–Kier alpha value is -1.31. The smallest absolute Gasteiger partial charge is 0.0857 e. The summed E-state index contributed by atoms with van der Waals surface area (Å²) in [6.45, 7) is 4.40. The first-order chi connectivity index (χ1) is 7.27. The molecule has 1 aromatic rings. The van der Waals surface area contributed by atoms with Crippen molar-refractivity contribution in [1.82, 2.24) is 0 Å². The summed E-state index contributed by atoms with van der Waals surface area (Å²) in [5, 5.41) is 3.14. The highest BCUT2D eigenvalue weighted by atomic mass is 14.9. The van der Waals surface area contributed by atoms with Gasteiger partial charge >= 0.3 is 0 Å². The molecule has 0 aliphatic carbocycles. The van der Waals surface area contributed by atoms with E-state index in [0.717, 1.165) is 11.4 Å². The Balaban J connectivity index is 2.70. The molecule has 0 aromatic heterocycles. The second-order valence-electron chi connectivity index (χ2n) is 3.81. The van der Waals surface area contributed by atoms with Gasteiger partial charge in [0, 0.05) is 13.3 Å². The van der Waals surface area contributed by atoms with Gasteiger partial charge in [-0.3, -0.25) is 4.99 Å². The van der Waals surface area contributed by atoms with Gasteiger partial charge in [-0.25, -0.2) is 0 Å². The van der Waals surface area contributed by atoms with Crippen molar-refractivity contribution in [3.05, 3.63) is 24.3 Å². The predicted octanol–water partition coefficient (Wildman–Crippen LogP) is 3.87. The minimum atomic E-state index is 0.555. The lowest BCUT2D eigenvalue weighted by atomic mass is 10.1. The molecule has 0 amide bonds. The van der Waals surface area contributed by atoms with Gasteiger partial charge in [-0.1, -0.05) is 32.4 Å². The van der Waals surface area contributed by atoms with E-state index in [1.807, 2.05) is 37.5 Å². The van der Waals surface area contributed by atoms with Gasteiger partial charge < -0.3 is 5.32 Å². The number of hydrogen-bond acceptors (Lipinski definition) is 2. The third-order valence-electron chi connectivity index (χ3n) is 2.39. The lowest BCUT2D eigenvalue weighted by Crippen LogP contribution is -1.94. The summed E-state index contributed by atoms with van der Waals surface area (Å²) >= 11 is 0. The molecule has 1 atom stereocenters. The van der Waals surface area contributed by atoms with Crippen LogP contribution in [-0.2, 0) is 0 Å². The van der Waals surface area contributed by atoms with Crippen LogP contribution in [0.1, 0.15) is 26.7 Å². The molecule has 1 unspecified atom stereocenters. The number of aliphatic imine (C=N–C) groups is 1. The zero-order chi connectivity index (χ0) is 11.1. The van der Waals surface area contributed by atoms with Crippen LogP contribution in [0.2, 0.25) is 0 Å². The van der Waals surface area contributed by atoms with Crippen LogP contribution in [0.15, 0.2) is 29.3 Å². The largest absolute Gasteiger partial charge is 0.386 e. The second kappa shape index (κ2) is 6.23. The maximum Gasteiger partial charge on any atom is 0.0857 e. The summed E-state index contributed by atoms with van der Waals surface area (Å²) in [5.41, 5.74) is 2.10. The van der Waals surface area contributed by atoms with Gasteiger partial charge in [-0.2, -0.15) is 0 Å². The zero-order valence-electron chi connectivity index (χ0n) is 9.83. The van der Waals surface area contributed by atoms with E-state index in [2.05, 4.69) is 24.2 Å². The molecular formula is C13H20N2. The summed E-state index contributed by atoms with van der Waals surface area (Å²) in [5.74, 6) is 0.555. The Kier molecular flexibility index (Phi) is 4.88. The SMILES string of the molecule is CCCC(C)C=Nc1ccccc1NC. The topological polar surface area (TPSA) is 24.4 Å². The molecule has 1 aromatic carbocycles. The third-order valence-corrected chi connectivity index (χ3v) is 2.39. The van der Waals surface area contributed by atoms with Gasteiger partial charge in [0.05, 0.1) is 11.4 Å². The van der Waals surface area contributed by atoms with Gasteiger partial charge in [0.25, 0.3) is 0 Å². The Morgan fingerprint density at radius 3 is 2.80 bits per heavy atom. The molecule has 15 heavy (non-hydrogen) atoms.